The zero-order valence-corrected chi connectivity index (χ0v) is 23.1. The second-order valence-electron chi connectivity index (χ2n) is 9.77. The fourth-order valence-electron chi connectivity index (χ4n) is 5.07. The van der Waals surface area contributed by atoms with Gasteiger partial charge in [-0.1, -0.05) is 48.5 Å². The molecule has 0 saturated carbocycles. The summed E-state index contributed by atoms with van der Waals surface area (Å²) in [5.41, 5.74) is 2.72. The van der Waals surface area contributed by atoms with Gasteiger partial charge in [-0.3, -0.25) is 14.5 Å². The number of methoxy groups -OCH3 is 1. The minimum absolute atomic E-state index is 0.0299. The number of benzene rings is 3. The zero-order valence-electron chi connectivity index (χ0n) is 22.3. The Morgan fingerprint density at radius 3 is 2.51 bits per heavy atom. The van der Waals surface area contributed by atoms with Gasteiger partial charge in [-0.05, 0) is 41.5 Å². The van der Waals surface area contributed by atoms with Crippen molar-refractivity contribution in [3.05, 3.63) is 101 Å². The van der Waals surface area contributed by atoms with E-state index < -0.39 is 29.4 Å². The van der Waals surface area contributed by atoms with Crippen LogP contribution >= 0.6 is 11.8 Å². The number of hydrogen-bond acceptors (Lipinski definition) is 8. The van der Waals surface area contributed by atoms with Crippen LogP contribution in [0, 0.1) is 0 Å². The van der Waals surface area contributed by atoms with Gasteiger partial charge in [0.1, 0.15) is 47.1 Å². The third kappa shape index (κ3) is 5.47. The van der Waals surface area contributed by atoms with Crippen LogP contribution in [0.3, 0.4) is 0 Å². The number of nitrogens with zero attached hydrogens (tertiary/aromatic N) is 1. The van der Waals surface area contributed by atoms with Gasteiger partial charge < -0.3 is 24.3 Å². The molecule has 3 aliphatic heterocycles. The van der Waals surface area contributed by atoms with E-state index in [0.717, 1.165) is 16.9 Å². The molecule has 1 N–H and O–H groups in total. The Bertz CT molecular complexity index is 1470. The van der Waals surface area contributed by atoms with Crippen molar-refractivity contribution >= 4 is 29.5 Å². The van der Waals surface area contributed by atoms with Crippen LogP contribution in [0.1, 0.15) is 11.1 Å². The van der Waals surface area contributed by atoms with Gasteiger partial charge in [0.2, 0.25) is 0 Å². The number of carbonyl (C=O) groups excluding carboxylic acids is 3. The topological polar surface area (TPSA) is 103 Å². The molecule has 0 bridgehead atoms. The average molecular weight is 573 g/mol. The van der Waals surface area contributed by atoms with Crippen LogP contribution in [-0.2, 0) is 32.1 Å². The van der Waals surface area contributed by atoms with E-state index in [-0.39, 0.29) is 24.8 Å². The molecular weight excluding hydrogens is 544 g/mol. The van der Waals surface area contributed by atoms with Crippen molar-refractivity contribution in [2.45, 2.75) is 30.5 Å². The first-order valence-electron chi connectivity index (χ1n) is 13.2. The summed E-state index contributed by atoms with van der Waals surface area (Å²) in [4.78, 5) is 41.0. The Hall–Kier alpha value is -4.44. The van der Waals surface area contributed by atoms with Crippen molar-refractivity contribution in [2.75, 3.05) is 19.5 Å². The third-order valence-electron chi connectivity index (χ3n) is 7.19. The molecule has 210 valence electrons. The molecule has 1 saturated heterocycles. The van der Waals surface area contributed by atoms with Crippen LogP contribution in [0.2, 0.25) is 0 Å². The Balaban J connectivity index is 1.19. The maximum atomic E-state index is 13.6. The predicted molar refractivity (Wildman–Crippen MR) is 151 cm³/mol. The number of hydrogen-bond donors (Lipinski definition) is 1. The van der Waals surface area contributed by atoms with E-state index in [1.165, 1.54) is 16.7 Å². The van der Waals surface area contributed by atoms with Gasteiger partial charge in [-0.25, -0.2) is 4.79 Å². The molecule has 0 radical (unpaired) electrons. The Morgan fingerprint density at radius 2 is 1.76 bits per heavy atom. The molecule has 9 nitrogen and oxygen atoms in total. The molecule has 41 heavy (non-hydrogen) atoms. The number of fused-ring (bicyclic) bond motifs is 2. The van der Waals surface area contributed by atoms with Gasteiger partial charge >= 0.3 is 5.97 Å². The minimum atomic E-state index is -0.778. The van der Waals surface area contributed by atoms with Crippen molar-refractivity contribution in [1.29, 1.82) is 0 Å². The van der Waals surface area contributed by atoms with E-state index in [2.05, 4.69) is 5.32 Å². The van der Waals surface area contributed by atoms with Crippen LogP contribution < -0.4 is 19.5 Å². The fourth-order valence-corrected chi connectivity index (χ4v) is 6.48. The Morgan fingerprint density at radius 1 is 1.00 bits per heavy atom. The summed E-state index contributed by atoms with van der Waals surface area (Å²) in [6.07, 6.45) is 0.190. The van der Waals surface area contributed by atoms with Crippen molar-refractivity contribution in [2.24, 2.45) is 0 Å². The first-order valence-corrected chi connectivity index (χ1v) is 14.3. The molecule has 10 heteroatoms. The highest BCUT2D eigenvalue weighted by molar-refractivity contribution is 8.00. The minimum Gasteiger partial charge on any atom is -0.497 e. The highest BCUT2D eigenvalue weighted by Crippen LogP contribution is 2.44. The summed E-state index contributed by atoms with van der Waals surface area (Å²) >= 11 is 1.48. The lowest BCUT2D eigenvalue weighted by Crippen LogP contribution is -2.71. The number of thioether (sulfide) groups is 1. The summed E-state index contributed by atoms with van der Waals surface area (Å²) in [6.45, 7) is -0.195. The number of β-lactam (4-membered cyclic amide) rings is 1. The number of carbonyl (C=O) groups is 3. The lowest BCUT2D eigenvalue weighted by atomic mass is 9.98. The van der Waals surface area contributed by atoms with Gasteiger partial charge in [0.25, 0.3) is 11.8 Å². The van der Waals surface area contributed by atoms with E-state index in [1.54, 1.807) is 31.4 Å². The highest BCUT2D eigenvalue weighted by atomic mass is 32.2. The molecule has 2 amide bonds. The molecule has 0 spiro atoms. The maximum absolute atomic E-state index is 13.6. The number of nitrogens with one attached hydrogen (secondary N) is 1. The normalized spacial score (nSPS) is 20.8. The lowest BCUT2D eigenvalue weighted by Gasteiger charge is -2.50. The van der Waals surface area contributed by atoms with Crippen LogP contribution in [0.4, 0.5) is 0 Å². The van der Waals surface area contributed by atoms with Crippen LogP contribution in [0.15, 0.2) is 90.1 Å². The summed E-state index contributed by atoms with van der Waals surface area (Å²) in [5.74, 6) is 1.08. The van der Waals surface area contributed by atoms with E-state index in [9.17, 15) is 14.4 Å². The van der Waals surface area contributed by atoms with Crippen molar-refractivity contribution in [1.82, 2.24) is 10.2 Å². The summed E-state index contributed by atoms with van der Waals surface area (Å²) in [6, 6.07) is 23.1. The largest absolute Gasteiger partial charge is 0.497 e. The molecule has 1 fully saturated rings. The third-order valence-corrected chi connectivity index (χ3v) is 8.49. The van der Waals surface area contributed by atoms with Crippen molar-refractivity contribution in [3.8, 4) is 17.2 Å². The van der Waals surface area contributed by atoms with Crippen molar-refractivity contribution in [3.63, 3.8) is 0 Å². The lowest BCUT2D eigenvalue weighted by molar-refractivity contribution is -0.153. The van der Waals surface area contributed by atoms with Crippen molar-refractivity contribution < 1.29 is 33.3 Å². The molecule has 6 rings (SSSR count). The molecule has 1 unspecified atom stereocenters. The number of rotatable bonds is 9. The number of para-hydroxylation sites is 2. The van der Waals surface area contributed by atoms with Crippen LogP contribution in [0.5, 0.6) is 17.2 Å². The molecular formula is C31H28N2O7S. The number of amides is 2. The summed E-state index contributed by atoms with van der Waals surface area (Å²) < 4.78 is 22.6. The average Bonchev–Trinajstić information content (AvgIpc) is 3.45. The van der Waals surface area contributed by atoms with E-state index in [1.807, 2.05) is 54.6 Å². The van der Waals surface area contributed by atoms with Crippen LogP contribution in [-0.4, -0.2) is 59.7 Å². The predicted octanol–water partition coefficient (Wildman–Crippen LogP) is 3.48. The molecule has 0 aromatic heterocycles. The van der Waals surface area contributed by atoms with Crippen LogP contribution in [0.25, 0.3) is 0 Å². The number of esters is 1. The molecule has 3 aromatic carbocycles. The monoisotopic (exact) mass is 572 g/mol. The SMILES string of the molecule is COc1ccc(COC(=O)C2=C(C3Cc4ccccc4O3)CS[C@@H]3[C@H](NC(=O)COc4ccccc4)C(=O)N23)cc1. The van der Waals surface area contributed by atoms with E-state index in [4.69, 9.17) is 18.9 Å². The highest BCUT2D eigenvalue weighted by Gasteiger charge is 2.55. The van der Waals surface area contributed by atoms with Gasteiger partial charge in [0, 0.05) is 17.7 Å². The van der Waals surface area contributed by atoms with Gasteiger partial charge in [-0.15, -0.1) is 11.8 Å². The summed E-state index contributed by atoms with van der Waals surface area (Å²) in [5, 5.41) is 2.32. The van der Waals surface area contributed by atoms with E-state index >= 15 is 0 Å². The molecule has 3 atom stereocenters. The second kappa shape index (κ2) is 11.6. The fraction of sp³-hybridized carbons (Fsp3) is 0.258. The van der Waals surface area contributed by atoms with Gasteiger partial charge in [0.05, 0.1) is 7.11 Å². The first-order chi connectivity index (χ1) is 20.0. The Kier molecular flexibility index (Phi) is 7.56. The number of ether oxygens (including phenoxy) is 4. The maximum Gasteiger partial charge on any atom is 0.355 e. The van der Waals surface area contributed by atoms with Gasteiger partial charge in [-0.2, -0.15) is 0 Å². The molecule has 0 aliphatic carbocycles. The van der Waals surface area contributed by atoms with Gasteiger partial charge in [0.15, 0.2) is 6.61 Å². The first kappa shape index (κ1) is 26.8. The quantitative estimate of drug-likeness (QED) is 0.307. The second-order valence-corrected chi connectivity index (χ2v) is 10.9. The molecule has 3 heterocycles. The zero-order chi connectivity index (χ0) is 28.3. The standard InChI is InChI=1S/C31H28N2O7S/c1-37-21-13-11-19(12-14-21)16-39-31(36)28-23(25-15-20-7-5-6-10-24(20)40-25)18-41-30-27(29(35)33(28)30)32-26(34)17-38-22-8-3-2-4-9-22/h2-14,25,27,30H,15-18H2,1H3,(H,32,34)/t25?,27-,30-/m1/s1. The molecule has 3 aromatic rings. The Labute approximate surface area is 241 Å². The molecule has 3 aliphatic rings. The smallest absolute Gasteiger partial charge is 0.355 e. The summed E-state index contributed by atoms with van der Waals surface area (Å²) in [7, 11) is 1.58. The van der Waals surface area contributed by atoms with E-state index in [0.29, 0.717) is 29.2 Å².